The van der Waals surface area contributed by atoms with E-state index in [0.29, 0.717) is 19.1 Å². The number of amides is 1. The molecule has 2 aliphatic heterocycles. The number of carbonyl (C=O) groups is 1. The Kier molecular flexibility index (Phi) is 5.85. The Morgan fingerprint density at radius 1 is 1.29 bits per heavy atom. The van der Waals surface area contributed by atoms with E-state index in [9.17, 15) is 17.6 Å². The fourth-order valence-electron chi connectivity index (χ4n) is 3.23. The zero-order valence-electron chi connectivity index (χ0n) is 13.3. The number of sulfonamides is 1. The van der Waals surface area contributed by atoms with Gasteiger partial charge in [0.05, 0.1) is 10.6 Å². The van der Waals surface area contributed by atoms with E-state index in [0.717, 1.165) is 25.3 Å². The molecule has 6 nitrogen and oxygen atoms in total. The van der Waals surface area contributed by atoms with Gasteiger partial charge in [-0.3, -0.25) is 4.79 Å². The first-order valence-electron chi connectivity index (χ1n) is 7.69. The van der Waals surface area contributed by atoms with Crippen LogP contribution >= 0.6 is 12.4 Å². The summed E-state index contributed by atoms with van der Waals surface area (Å²) in [5.74, 6) is -1.11. The molecule has 2 fully saturated rings. The number of nitrogens with zero attached hydrogens (tertiary/aromatic N) is 1. The number of benzene rings is 1. The van der Waals surface area contributed by atoms with Crippen LogP contribution < -0.4 is 10.6 Å². The molecule has 1 aromatic carbocycles. The first-order chi connectivity index (χ1) is 10.9. The lowest BCUT2D eigenvalue weighted by Crippen LogP contribution is -2.39. The Morgan fingerprint density at radius 3 is 2.71 bits per heavy atom. The topological polar surface area (TPSA) is 78.5 Å². The minimum Gasteiger partial charge on any atom is -0.324 e. The summed E-state index contributed by atoms with van der Waals surface area (Å²) in [5.41, 5.74) is -0.118. The van der Waals surface area contributed by atoms with Gasteiger partial charge >= 0.3 is 0 Å². The molecule has 2 bridgehead atoms. The minimum atomic E-state index is -3.71. The molecule has 0 aromatic heterocycles. The molecule has 0 spiro atoms. The van der Waals surface area contributed by atoms with E-state index >= 15 is 0 Å². The summed E-state index contributed by atoms with van der Waals surface area (Å²) in [6, 6.07) is 4.05. The van der Waals surface area contributed by atoms with Gasteiger partial charge in [-0.15, -0.1) is 12.4 Å². The first-order valence-corrected chi connectivity index (χ1v) is 9.13. The van der Waals surface area contributed by atoms with Crippen LogP contribution in [0.2, 0.25) is 0 Å². The summed E-state index contributed by atoms with van der Waals surface area (Å²) in [7, 11) is -3.71. The van der Waals surface area contributed by atoms with Gasteiger partial charge in [0.15, 0.2) is 0 Å². The third-order valence-electron chi connectivity index (χ3n) is 4.37. The average Bonchev–Trinajstić information content (AvgIpc) is 2.79. The maximum absolute atomic E-state index is 13.7. The molecule has 1 amide bonds. The smallest absolute Gasteiger partial charge is 0.243 e. The molecule has 0 radical (unpaired) electrons. The molecule has 0 saturated carbocycles. The summed E-state index contributed by atoms with van der Waals surface area (Å²) >= 11 is 0. The van der Waals surface area contributed by atoms with Gasteiger partial charge < -0.3 is 10.6 Å². The standard InChI is InChI=1S/C15H20FN3O3S.ClH/c1-10(20)17-15-8-13(4-5-14(15)16)23(21,22)19-7-6-11-2-3-12(9-19)18-11;/h4-5,8,11-12,18H,2-3,6-7,9H2,1H3,(H,17,20);1H. The van der Waals surface area contributed by atoms with Crippen LogP contribution in [0.5, 0.6) is 0 Å². The van der Waals surface area contributed by atoms with Crippen LogP contribution in [-0.2, 0) is 14.8 Å². The maximum atomic E-state index is 13.7. The fraction of sp³-hybridized carbons (Fsp3) is 0.533. The molecular weight excluding hydrogens is 357 g/mol. The van der Waals surface area contributed by atoms with Crippen molar-refractivity contribution in [3.63, 3.8) is 0 Å². The minimum absolute atomic E-state index is 0. The number of anilines is 1. The van der Waals surface area contributed by atoms with Gasteiger partial charge in [0.2, 0.25) is 15.9 Å². The molecule has 3 rings (SSSR count). The van der Waals surface area contributed by atoms with Crippen LogP contribution in [0.3, 0.4) is 0 Å². The molecule has 9 heteroatoms. The van der Waals surface area contributed by atoms with Crippen LogP contribution in [-0.4, -0.2) is 43.8 Å². The van der Waals surface area contributed by atoms with Gasteiger partial charge in [-0.25, -0.2) is 12.8 Å². The molecule has 2 saturated heterocycles. The highest BCUT2D eigenvalue weighted by Gasteiger charge is 2.35. The van der Waals surface area contributed by atoms with Gasteiger partial charge in [-0.05, 0) is 37.5 Å². The summed E-state index contributed by atoms with van der Waals surface area (Å²) < 4.78 is 40.8. The van der Waals surface area contributed by atoms with Crippen molar-refractivity contribution in [3.05, 3.63) is 24.0 Å². The van der Waals surface area contributed by atoms with Crippen molar-refractivity contribution in [3.8, 4) is 0 Å². The molecule has 1 aromatic rings. The quantitative estimate of drug-likeness (QED) is 0.840. The normalized spacial score (nSPS) is 24.1. The van der Waals surface area contributed by atoms with Crippen molar-refractivity contribution in [1.29, 1.82) is 0 Å². The Labute approximate surface area is 147 Å². The Morgan fingerprint density at radius 2 is 2.00 bits per heavy atom. The zero-order chi connectivity index (χ0) is 16.6. The predicted octanol–water partition coefficient (Wildman–Crippen LogP) is 1.72. The third-order valence-corrected chi connectivity index (χ3v) is 6.23. The lowest BCUT2D eigenvalue weighted by Gasteiger charge is -2.24. The summed E-state index contributed by atoms with van der Waals surface area (Å²) in [6.45, 7) is 2.12. The van der Waals surface area contributed by atoms with Crippen molar-refractivity contribution in [2.75, 3.05) is 18.4 Å². The van der Waals surface area contributed by atoms with Crippen LogP contribution in [0, 0.1) is 5.82 Å². The second kappa shape index (κ2) is 7.35. The molecule has 2 N–H and O–H groups in total. The highest BCUT2D eigenvalue weighted by atomic mass is 35.5. The second-order valence-electron chi connectivity index (χ2n) is 6.11. The third kappa shape index (κ3) is 3.88. The van der Waals surface area contributed by atoms with E-state index in [2.05, 4.69) is 10.6 Å². The molecule has 2 heterocycles. The fourth-order valence-corrected chi connectivity index (χ4v) is 4.76. The van der Waals surface area contributed by atoms with E-state index < -0.39 is 21.7 Å². The van der Waals surface area contributed by atoms with Crippen molar-refractivity contribution < 1.29 is 17.6 Å². The monoisotopic (exact) mass is 377 g/mol. The average molecular weight is 378 g/mol. The lowest BCUT2D eigenvalue weighted by molar-refractivity contribution is -0.114. The molecule has 24 heavy (non-hydrogen) atoms. The van der Waals surface area contributed by atoms with Gasteiger partial charge in [-0.2, -0.15) is 4.31 Å². The maximum Gasteiger partial charge on any atom is 0.243 e. The number of rotatable bonds is 3. The zero-order valence-corrected chi connectivity index (χ0v) is 14.9. The number of hydrogen-bond acceptors (Lipinski definition) is 4. The number of hydrogen-bond donors (Lipinski definition) is 2. The van der Waals surface area contributed by atoms with Crippen molar-refractivity contribution in [1.82, 2.24) is 9.62 Å². The molecule has 134 valence electrons. The van der Waals surface area contributed by atoms with Gasteiger partial charge in [0, 0.05) is 32.1 Å². The van der Waals surface area contributed by atoms with Gasteiger partial charge in [0.1, 0.15) is 5.82 Å². The Hall–Kier alpha value is -1.22. The largest absolute Gasteiger partial charge is 0.324 e. The highest BCUT2D eigenvalue weighted by molar-refractivity contribution is 7.89. The van der Waals surface area contributed by atoms with Crippen molar-refractivity contribution in [2.45, 2.75) is 43.2 Å². The first kappa shape index (κ1) is 19.1. The van der Waals surface area contributed by atoms with E-state index in [-0.39, 0.29) is 29.0 Å². The van der Waals surface area contributed by atoms with Gasteiger partial charge in [0.25, 0.3) is 0 Å². The molecule has 2 atom stereocenters. The molecular formula is C15H21ClFN3O3S. The van der Waals surface area contributed by atoms with Crippen LogP contribution in [0.25, 0.3) is 0 Å². The van der Waals surface area contributed by atoms with E-state index in [1.54, 1.807) is 0 Å². The number of fused-ring (bicyclic) bond motifs is 2. The van der Waals surface area contributed by atoms with E-state index in [4.69, 9.17) is 0 Å². The number of carbonyl (C=O) groups excluding carboxylic acids is 1. The SMILES string of the molecule is CC(=O)Nc1cc(S(=O)(=O)N2CCC3CCC(C2)N3)ccc1F.Cl. The second-order valence-corrected chi connectivity index (χ2v) is 8.05. The Bertz CT molecular complexity index is 729. The molecule has 2 aliphatic rings. The van der Waals surface area contributed by atoms with E-state index in [1.165, 1.54) is 23.4 Å². The number of halogens is 2. The van der Waals surface area contributed by atoms with Crippen LogP contribution in [0.15, 0.2) is 23.1 Å². The molecule has 2 unspecified atom stereocenters. The van der Waals surface area contributed by atoms with E-state index in [1.807, 2.05) is 0 Å². The van der Waals surface area contributed by atoms with Crippen molar-refractivity contribution >= 4 is 34.0 Å². The van der Waals surface area contributed by atoms with Gasteiger partial charge in [-0.1, -0.05) is 0 Å². The van der Waals surface area contributed by atoms with Crippen molar-refractivity contribution in [2.24, 2.45) is 0 Å². The highest BCUT2D eigenvalue weighted by Crippen LogP contribution is 2.27. The van der Waals surface area contributed by atoms with Crippen LogP contribution in [0.1, 0.15) is 26.2 Å². The summed E-state index contributed by atoms with van der Waals surface area (Å²) in [6.07, 6.45) is 2.83. The molecule has 0 aliphatic carbocycles. The predicted molar refractivity (Wildman–Crippen MR) is 91.3 cm³/mol. The summed E-state index contributed by atoms with van der Waals surface area (Å²) in [5, 5.41) is 5.75. The summed E-state index contributed by atoms with van der Waals surface area (Å²) in [4.78, 5) is 11.1. The lowest BCUT2D eigenvalue weighted by atomic mass is 10.1. The Balaban J connectivity index is 0.00000208. The van der Waals surface area contributed by atoms with Crippen LogP contribution in [0.4, 0.5) is 10.1 Å². The number of nitrogens with one attached hydrogen (secondary N) is 2.